The zero-order valence-electron chi connectivity index (χ0n) is 54.0. The summed E-state index contributed by atoms with van der Waals surface area (Å²) < 4.78 is 44.5. The van der Waals surface area contributed by atoms with E-state index in [0.29, 0.717) is 47.9 Å². The molecule has 0 aliphatic carbocycles. The van der Waals surface area contributed by atoms with Gasteiger partial charge >= 0.3 is 29.5 Å². The van der Waals surface area contributed by atoms with E-state index in [2.05, 4.69) is 17.2 Å². The number of carbonyl (C=O) groups excluding carboxylic acids is 7. The first-order valence-electron chi connectivity index (χ1n) is 30.6. The number of aliphatic hydroxyl groups is 4. The Bertz CT molecular complexity index is 3330. The molecule has 25 heteroatoms. The highest BCUT2D eigenvalue weighted by Crippen LogP contribution is 2.34. The highest BCUT2D eigenvalue weighted by molar-refractivity contribution is 7.51. The number of cyclic esters (lactones) is 3. The summed E-state index contributed by atoms with van der Waals surface area (Å²) in [5.74, 6) is -6.02. The topological polar surface area (TPSA) is 369 Å². The Labute approximate surface area is 552 Å². The summed E-state index contributed by atoms with van der Waals surface area (Å²) in [4.78, 5) is 93.3. The van der Waals surface area contributed by atoms with Gasteiger partial charge in [-0.1, -0.05) is 97.9 Å². The van der Waals surface area contributed by atoms with Crippen LogP contribution in [-0.4, -0.2) is 172 Å². The first-order chi connectivity index (χ1) is 44.0. The molecule has 94 heavy (non-hydrogen) atoms. The number of ether oxygens (including phenoxy) is 5. The van der Waals surface area contributed by atoms with Crippen molar-refractivity contribution in [3.05, 3.63) is 118 Å². The summed E-state index contributed by atoms with van der Waals surface area (Å²) >= 11 is -0.750. The number of benzene rings is 3. The first-order valence-corrected chi connectivity index (χ1v) is 31.3. The Morgan fingerprint density at radius 1 is 0.585 bits per heavy atom. The number of ketones is 3. The lowest BCUT2D eigenvalue weighted by Gasteiger charge is -2.21. The van der Waals surface area contributed by atoms with Crippen molar-refractivity contribution in [3.8, 4) is 28.7 Å². The smallest absolute Gasteiger partial charge is 0.344 e. The highest BCUT2D eigenvalue weighted by atomic mass is 32.1. The maximum atomic E-state index is 12.9. The molecule has 7 rings (SSSR count). The number of nitrogens with zero attached hydrogens (tertiary/aromatic N) is 2. The minimum atomic E-state index is -1.57. The predicted molar refractivity (Wildman–Crippen MR) is 353 cm³/mol. The van der Waals surface area contributed by atoms with Crippen LogP contribution in [0.3, 0.4) is 0 Å². The van der Waals surface area contributed by atoms with Crippen LogP contribution in [0.4, 0.5) is 5.69 Å². The monoisotopic (exact) mass is 1330 g/mol. The molecule has 0 unspecified atom stereocenters. The molecule has 0 saturated carbocycles. The fourth-order valence-electron chi connectivity index (χ4n) is 9.16. The van der Waals surface area contributed by atoms with Crippen LogP contribution in [0.2, 0.25) is 0 Å². The van der Waals surface area contributed by atoms with Gasteiger partial charge in [-0.05, 0) is 106 Å². The van der Waals surface area contributed by atoms with Crippen molar-refractivity contribution in [2.45, 2.75) is 151 Å². The number of aliphatic hydroxyl groups excluding tert-OH is 4. The molecule has 24 nitrogen and oxygen atoms in total. The maximum absolute atomic E-state index is 12.9. The molecule has 0 spiro atoms. The molecule has 0 aromatic heterocycles. The van der Waals surface area contributed by atoms with Gasteiger partial charge in [0.1, 0.15) is 76.5 Å². The zero-order valence-corrected chi connectivity index (χ0v) is 54.8. The Morgan fingerprint density at radius 2 is 1.02 bits per heavy atom. The molecule has 0 bridgehead atoms. The van der Waals surface area contributed by atoms with E-state index in [9.17, 15) is 69.3 Å². The largest absolute Gasteiger partial charge is 0.507 e. The van der Waals surface area contributed by atoms with Crippen molar-refractivity contribution in [1.82, 2.24) is 4.90 Å². The van der Waals surface area contributed by atoms with E-state index in [-0.39, 0.29) is 95.6 Å². The molecular weight excluding hydrogens is 1240 g/mol. The van der Waals surface area contributed by atoms with Gasteiger partial charge in [-0.2, -0.15) is 8.42 Å². The van der Waals surface area contributed by atoms with Crippen molar-refractivity contribution in [2.24, 2.45) is 34.6 Å². The summed E-state index contributed by atoms with van der Waals surface area (Å²) in [6.07, 6.45) is 11.9. The Balaban J connectivity index is 0.000000360. The molecule has 3 aromatic rings. The lowest BCUT2D eigenvalue weighted by molar-refractivity contribution is -0.128. The van der Waals surface area contributed by atoms with E-state index in [1.54, 1.807) is 98.2 Å². The number of nitrogens with one attached hydrogen (secondary N) is 1. The average Bonchev–Trinajstić information content (AvgIpc) is 0.900. The third-order valence-electron chi connectivity index (χ3n) is 15.8. The third-order valence-corrected chi connectivity index (χ3v) is 15.8. The van der Waals surface area contributed by atoms with Crippen molar-refractivity contribution >= 4 is 76.9 Å². The van der Waals surface area contributed by atoms with E-state index in [4.69, 9.17) is 32.1 Å². The molecule has 4 aliphatic heterocycles. The third kappa shape index (κ3) is 24.4. The summed E-state index contributed by atoms with van der Waals surface area (Å²) in [5, 5.41) is 74.7. The fourth-order valence-corrected chi connectivity index (χ4v) is 9.16. The second-order valence-electron chi connectivity index (χ2n) is 23.1. The Kier molecular flexibility index (Phi) is 33.2. The molecule has 1 amide bonds. The van der Waals surface area contributed by atoms with Gasteiger partial charge in [0, 0.05) is 48.3 Å². The van der Waals surface area contributed by atoms with Crippen LogP contribution in [0.25, 0.3) is 12.2 Å². The number of aromatic hydroxyl groups is 3. The number of esters is 3. The Morgan fingerprint density at radius 3 is 1.49 bits per heavy atom. The number of phenols is 3. The lowest BCUT2D eigenvalue weighted by atomic mass is 9.94. The number of phenolic OH excluding ortho intramolecular Hbond substituents is 3. The van der Waals surface area contributed by atoms with E-state index in [0.717, 1.165) is 25.9 Å². The quantitative estimate of drug-likeness (QED) is 0.0598. The number of allylic oxidation sites excluding steroid dienone is 2. The van der Waals surface area contributed by atoms with Gasteiger partial charge in [0.25, 0.3) is 0 Å². The number of hydrogen-bond acceptors (Lipinski definition) is 23. The second kappa shape index (κ2) is 39.2. The summed E-state index contributed by atoms with van der Waals surface area (Å²) in [6, 6.07) is 8.98. The minimum absolute atomic E-state index is 0. The molecular formula is C69H91N3O21S. The van der Waals surface area contributed by atoms with Gasteiger partial charge in [0.15, 0.2) is 17.3 Å². The number of hydrogen-bond donors (Lipinski definition) is 8. The summed E-state index contributed by atoms with van der Waals surface area (Å²) in [7, 11) is 0. The van der Waals surface area contributed by atoms with Crippen molar-refractivity contribution in [3.63, 3.8) is 0 Å². The number of amides is 1. The molecule has 0 fully saturated rings. The van der Waals surface area contributed by atoms with Crippen LogP contribution < -0.4 is 14.8 Å². The van der Waals surface area contributed by atoms with Crippen molar-refractivity contribution < 1.29 is 101 Å². The van der Waals surface area contributed by atoms with Crippen molar-refractivity contribution in [1.29, 1.82) is 0 Å². The standard InChI is InChI=1S/C24H30N2O7.C24H32O6.C20H25NO6.CH4.O2S/c1-15-6-7-20(28)23(30)19(27)5-3-4-17-12-18(32-11-10-26-9-8-25-14-26)13-21(29)22(17)24(31)33-16(15)2;1-5-6-12-29-19-13-18-8-7-9-20(25)16(3)21(26)11-10-15(2)17(4)30-24(28)23(18)22(27)14-19;1-10-7-14-19(17(24)8-10)20(26)27-13(4)11(2)5-6-15(22)12(3)16(23)9-18(25)21-14;;1-3-2/h3-4,6-7,12-16,19,23,27,29-30H,5,8-11H2,1-2H3;7-8,10-11,13-17,20,25,27H,5-6,9,12H2,1-4H3;5-8,11-13,16,23-24H,9H2,1-4H3,(H,21,25);1H4;/b4-3+,7-6-;8-7+,11-10-;6-5-;;/t15-,16+,19+,23+;15-,16+,17+,20+;11-,12-,13+,16+;;/m111../s1. The van der Waals surface area contributed by atoms with Crippen molar-refractivity contribution in [2.75, 3.05) is 38.2 Å². The van der Waals surface area contributed by atoms with Crippen LogP contribution in [0.1, 0.15) is 150 Å². The van der Waals surface area contributed by atoms with Gasteiger partial charge in [-0.25, -0.2) is 14.4 Å². The highest BCUT2D eigenvalue weighted by Gasteiger charge is 2.30. The van der Waals surface area contributed by atoms with Crippen LogP contribution in [-0.2, 0) is 45.0 Å². The zero-order chi connectivity index (χ0) is 69.2. The molecule has 0 radical (unpaired) electrons. The lowest BCUT2D eigenvalue weighted by Crippen LogP contribution is -2.32. The second-order valence-corrected chi connectivity index (χ2v) is 23.3. The summed E-state index contributed by atoms with van der Waals surface area (Å²) in [6.45, 7) is 20.5. The van der Waals surface area contributed by atoms with Crippen LogP contribution >= 0.6 is 0 Å². The number of carbonyl (C=O) groups is 7. The molecule has 4 aliphatic rings. The number of aliphatic imine (C=N–C) groups is 1. The fraction of sp³-hybridized carbons (Fsp3) is 0.478. The summed E-state index contributed by atoms with van der Waals surface area (Å²) in [5.41, 5.74) is 1.37. The number of rotatable bonds is 8. The number of anilines is 1. The van der Waals surface area contributed by atoms with Gasteiger partial charge in [-0.3, -0.25) is 24.2 Å². The normalized spacial score (nSPS) is 27.0. The van der Waals surface area contributed by atoms with Crippen LogP contribution in [0.15, 0.2) is 90.0 Å². The predicted octanol–water partition coefficient (Wildman–Crippen LogP) is 8.16. The van der Waals surface area contributed by atoms with Crippen LogP contribution in [0, 0.1) is 36.5 Å². The molecule has 3 aromatic carbocycles. The average molecular weight is 1330 g/mol. The number of fused-ring (bicyclic) bond motifs is 3. The molecule has 12 atom stereocenters. The van der Waals surface area contributed by atoms with E-state index in [1.165, 1.54) is 60.7 Å². The SMILES string of the molecule is C.CCCCOc1cc(O)c2c(c1)/C=C/C[C@H](O)[C@H](C)C(=O)/C=C\[C@@H](C)[C@H](C)OC2=O.C[C@@H]1/C=C\C(=O)[C@@H](O)[C@@H](O)C/C=C/c2cc(OCCN3C=NCC3)cc(O)c2C(=O)O[C@H]1C.Cc1cc(O)c2c(c1)NC(=O)C[C@H](O)[C@H](C)C(=O)/C=C\[C@@H](C)[C@H](C)OC2=O.O=S=O. The molecule has 8 N–H and O–H groups in total. The first kappa shape index (κ1) is 79.6. The Hall–Kier alpha value is -8.62. The van der Waals surface area contributed by atoms with Gasteiger partial charge in [0.05, 0.1) is 56.5 Å². The van der Waals surface area contributed by atoms with Gasteiger partial charge in [0.2, 0.25) is 5.91 Å². The maximum Gasteiger partial charge on any atom is 0.344 e. The van der Waals surface area contributed by atoms with Gasteiger partial charge in [-0.15, -0.1) is 0 Å². The van der Waals surface area contributed by atoms with E-state index >= 15 is 0 Å². The molecule has 0 saturated heterocycles. The molecule has 514 valence electrons. The minimum Gasteiger partial charge on any atom is -0.507 e. The number of aryl methyl sites for hydroxylation is 1. The molecule has 4 heterocycles. The van der Waals surface area contributed by atoms with Gasteiger partial charge < -0.3 is 69.6 Å². The van der Waals surface area contributed by atoms with Crippen LogP contribution in [0.5, 0.6) is 28.7 Å². The van der Waals surface area contributed by atoms with E-state index < -0.39 is 95.7 Å². The van der Waals surface area contributed by atoms with E-state index in [1.807, 2.05) is 11.8 Å². The number of unbranched alkanes of at least 4 members (excludes halogenated alkanes) is 1.